The molecule has 1 heterocycles. The maximum absolute atomic E-state index is 12.1. The molecule has 0 atom stereocenters. The van der Waals surface area contributed by atoms with Crippen LogP contribution in [-0.2, 0) is 6.54 Å². The lowest BCUT2D eigenvalue weighted by Crippen LogP contribution is -2.26. The number of benzene rings is 1. The average molecular weight is 318 g/mol. The van der Waals surface area contributed by atoms with Gasteiger partial charge in [0.1, 0.15) is 4.88 Å². The number of nitrogens with zero attached hydrogens (tertiary/aromatic N) is 1. The van der Waals surface area contributed by atoms with E-state index < -0.39 is 0 Å². The standard InChI is InChI=1S/C15H18N4O2S/c1-2-8-17-14(20)12-11(16)13(22-19-12)15(21)18-9-10-6-4-3-5-7-10/h3-7H,2,8-9,16H2,1H3,(H,17,20)(H,18,21). The molecule has 2 aromatic rings. The Labute approximate surface area is 132 Å². The van der Waals surface area contributed by atoms with Crippen LogP contribution in [0.25, 0.3) is 0 Å². The summed E-state index contributed by atoms with van der Waals surface area (Å²) in [6.07, 6.45) is 0.820. The number of carbonyl (C=O) groups is 2. The Morgan fingerprint density at radius 1 is 1.18 bits per heavy atom. The molecule has 0 fully saturated rings. The van der Waals surface area contributed by atoms with Gasteiger partial charge in [-0.05, 0) is 23.5 Å². The van der Waals surface area contributed by atoms with Crippen LogP contribution in [0.5, 0.6) is 0 Å². The molecule has 0 aliphatic heterocycles. The molecule has 116 valence electrons. The SMILES string of the molecule is CCCNC(=O)c1nsc(C(=O)NCc2ccccc2)c1N. The van der Waals surface area contributed by atoms with E-state index in [1.54, 1.807) is 0 Å². The summed E-state index contributed by atoms with van der Waals surface area (Å²) in [5, 5.41) is 5.46. The van der Waals surface area contributed by atoms with Crippen molar-refractivity contribution in [2.24, 2.45) is 0 Å². The second-order valence-corrected chi connectivity index (χ2v) is 5.47. The summed E-state index contributed by atoms with van der Waals surface area (Å²) in [5.41, 5.74) is 7.10. The van der Waals surface area contributed by atoms with Crippen molar-refractivity contribution >= 4 is 29.0 Å². The van der Waals surface area contributed by atoms with Crippen molar-refractivity contribution in [2.75, 3.05) is 12.3 Å². The minimum atomic E-state index is -0.349. The molecular formula is C15H18N4O2S. The van der Waals surface area contributed by atoms with Gasteiger partial charge in [0.05, 0.1) is 5.69 Å². The lowest BCUT2D eigenvalue weighted by Gasteiger charge is -2.04. The summed E-state index contributed by atoms with van der Waals surface area (Å²) in [6, 6.07) is 9.55. The molecule has 0 saturated carbocycles. The highest BCUT2D eigenvalue weighted by molar-refractivity contribution is 7.09. The maximum atomic E-state index is 12.1. The van der Waals surface area contributed by atoms with E-state index in [1.807, 2.05) is 37.3 Å². The molecule has 0 radical (unpaired) electrons. The third kappa shape index (κ3) is 3.82. The minimum Gasteiger partial charge on any atom is -0.395 e. The van der Waals surface area contributed by atoms with Gasteiger partial charge in [0.25, 0.3) is 11.8 Å². The first kappa shape index (κ1) is 16.0. The van der Waals surface area contributed by atoms with E-state index in [0.717, 1.165) is 23.5 Å². The Balaban J connectivity index is 2.01. The number of aromatic nitrogens is 1. The lowest BCUT2D eigenvalue weighted by atomic mass is 10.2. The monoisotopic (exact) mass is 318 g/mol. The molecule has 1 aromatic carbocycles. The fourth-order valence-electron chi connectivity index (χ4n) is 1.81. The number of amides is 2. The third-order valence-corrected chi connectivity index (χ3v) is 3.84. The van der Waals surface area contributed by atoms with Gasteiger partial charge in [0.2, 0.25) is 0 Å². The Bertz CT molecular complexity index is 655. The number of hydrogen-bond donors (Lipinski definition) is 3. The molecule has 2 amide bonds. The Hall–Kier alpha value is -2.41. The maximum Gasteiger partial charge on any atom is 0.273 e. The van der Waals surface area contributed by atoms with Crippen LogP contribution in [0.4, 0.5) is 5.69 Å². The first-order valence-corrected chi connectivity index (χ1v) is 7.76. The van der Waals surface area contributed by atoms with Crippen molar-refractivity contribution < 1.29 is 9.59 Å². The molecule has 0 unspecified atom stereocenters. The second-order valence-electron chi connectivity index (χ2n) is 4.70. The van der Waals surface area contributed by atoms with E-state index in [-0.39, 0.29) is 28.1 Å². The molecule has 6 nitrogen and oxygen atoms in total. The quantitative estimate of drug-likeness (QED) is 0.756. The van der Waals surface area contributed by atoms with Crippen LogP contribution in [0.3, 0.4) is 0 Å². The number of rotatable bonds is 6. The zero-order valence-electron chi connectivity index (χ0n) is 12.3. The van der Waals surface area contributed by atoms with Crippen LogP contribution < -0.4 is 16.4 Å². The summed E-state index contributed by atoms with van der Waals surface area (Å²) in [4.78, 5) is 24.3. The van der Waals surface area contributed by atoms with Gasteiger partial charge >= 0.3 is 0 Å². The zero-order valence-corrected chi connectivity index (χ0v) is 13.1. The van der Waals surface area contributed by atoms with Crippen LogP contribution in [0.1, 0.15) is 39.1 Å². The third-order valence-electron chi connectivity index (χ3n) is 2.98. The van der Waals surface area contributed by atoms with Gasteiger partial charge in [-0.2, -0.15) is 4.37 Å². The van der Waals surface area contributed by atoms with Gasteiger partial charge in [-0.3, -0.25) is 9.59 Å². The first-order chi connectivity index (χ1) is 10.6. The molecule has 0 spiro atoms. The van der Waals surface area contributed by atoms with E-state index >= 15 is 0 Å². The normalized spacial score (nSPS) is 10.2. The highest BCUT2D eigenvalue weighted by Crippen LogP contribution is 2.21. The molecule has 0 aliphatic carbocycles. The highest BCUT2D eigenvalue weighted by Gasteiger charge is 2.21. The van der Waals surface area contributed by atoms with E-state index in [1.165, 1.54) is 0 Å². The van der Waals surface area contributed by atoms with Crippen molar-refractivity contribution in [2.45, 2.75) is 19.9 Å². The topological polar surface area (TPSA) is 97.1 Å². The minimum absolute atomic E-state index is 0.114. The fourth-order valence-corrected chi connectivity index (χ4v) is 2.52. The number of anilines is 1. The van der Waals surface area contributed by atoms with Gasteiger partial charge < -0.3 is 16.4 Å². The molecular weight excluding hydrogens is 300 g/mol. The van der Waals surface area contributed by atoms with E-state index in [2.05, 4.69) is 15.0 Å². The summed E-state index contributed by atoms with van der Waals surface area (Å²) in [5.74, 6) is -0.675. The van der Waals surface area contributed by atoms with Gasteiger partial charge in [-0.15, -0.1) is 0 Å². The van der Waals surface area contributed by atoms with E-state index in [4.69, 9.17) is 5.73 Å². The summed E-state index contributed by atoms with van der Waals surface area (Å²) in [6.45, 7) is 2.90. The summed E-state index contributed by atoms with van der Waals surface area (Å²) >= 11 is 0.933. The lowest BCUT2D eigenvalue weighted by molar-refractivity contribution is 0.0949. The van der Waals surface area contributed by atoms with Crippen LogP contribution >= 0.6 is 11.5 Å². The van der Waals surface area contributed by atoms with Crippen molar-refractivity contribution in [3.8, 4) is 0 Å². The number of hydrogen-bond acceptors (Lipinski definition) is 5. The average Bonchev–Trinajstić information content (AvgIpc) is 2.93. The number of nitrogens with one attached hydrogen (secondary N) is 2. The molecule has 1 aromatic heterocycles. The highest BCUT2D eigenvalue weighted by atomic mass is 32.1. The number of nitrogens with two attached hydrogens (primary N) is 1. The van der Waals surface area contributed by atoms with Crippen molar-refractivity contribution in [1.29, 1.82) is 0 Å². The van der Waals surface area contributed by atoms with Gasteiger partial charge in [0.15, 0.2) is 5.69 Å². The largest absolute Gasteiger partial charge is 0.395 e. The second kappa shape index (κ2) is 7.56. The molecule has 7 heteroatoms. The predicted molar refractivity (Wildman–Crippen MR) is 86.8 cm³/mol. The molecule has 0 bridgehead atoms. The Morgan fingerprint density at radius 3 is 2.59 bits per heavy atom. The van der Waals surface area contributed by atoms with Crippen molar-refractivity contribution in [3.63, 3.8) is 0 Å². The fraction of sp³-hybridized carbons (Fsp3) is 0.267. The van der Waals surface area contributed by atoms with Crippen molar-refractivity contribution in [1.82, 2.24) is 15.0 Å². The van der Waals surface area contributed by atoms with Crippen LogP contribution in [0.15, 0.2) is 30.3 Å². The number of nitrogen functional groups attached to an aromatic ring is 1. The van der Waals surface area contributed by atoms with E-state index in [0.29, 0.717) is 13.1 Å². The van der Waals surface area contributed by atoms with Crippen LogP contribution in [0, 0.1) is 0 Å². The molecule has 22 heavy (non-hydrogen) atoms. The Morgan fingerprint density at radius 2 is 1.91 bits per heavy atom. The summed E-state index contributed by atoms with van der Waals surface area (Å²) in [7, 11) is 0. The predicted octanol–water partition coefficient (Wildman–Crippen LogP) is 1.80. The van der Waals surface area contributed by atoms with Crippen LogP contribution in [-0.4, -0.2) is 22.7 Å². The van der Waals surface area contributed by atoms with Crippen LogP contribution in [0.2, 0.25) is 0 Å². The van der Waals surface area contributed by atoms with Gasteiger partial charge in [0, 0.05) is 13.1 Å². The van der Waals surface area contributed by atoms with Gasteiger partial charge in [-0.25, -0.2) is 0 Å². The first-order valence-electron chi connectivity index (χ1n) is 6.99. The molecule has 4 N–H and O–H groups in total. The molecule has 0 aliphatic rings. The zero-order chi connectivity index (χ0) is 15.9. The molecule has 2 rings (SSSR count). The smallest absolute Gasteiger partial charge is 0.273 e. The molecule has 0 saturated heterocycles. The van der Waals surface area contributed by atoms with Gasteiger partial charge in [-0.1, -0.05) is 37.3 Å². The van der Waals surface area contributed by atoms with Crippen molar-refractivity contribution in [3.05, 3.63) is 46.5 Å². The summed E-state index contributed by atoms with van der Waals surface area (Å²) < 4.78 is 3.99. The Kier molecular flexibility index (Phi) is 5.48. The van der Waals surface area contributed by atoms with E-state index in [9.17, 15) is 9.59 Å². The number of carbonyl (C=O) groups excluding carboxylic acids is 2.